The predicted octanol–water partition coefficient (Wildman–Crippen LogP) is 2.42. The molecule has 1 atom stereocenters. The zero-order valence-corrected chi connectivity index (χ0v) is 9.70. The highest BCUT2D eigenvalue weighted by Gasteiger charge is 2.15. The van der Waals surface area contributed by atoms with E-state index in [0.717, 1.165) is 4.88 Å². The normalized spacial score (nSPS) is 12.4. The van der Waals surface area contributed by atoms with E-state index in [0.29, 0.717) is 17.0 Å². The lowest BCUT2D eigenvalue weighted by molar-refractivity contribution is 0.224. The van der Waals surface area contributed by atoms with E-state index in [-0.39, 0.29) is 0 Å². The van der Waals surface area contributed by atoms with Gasteiger partial charge in [-0.2, -0.15) is 0 Å². The Kier molecular flexibility index (Phi) is 3.12. The number of hydrogen-bond donors (Lipinski definition) is 2. The lowest BCUT2D eigenvalue weighted by atomic mass is 10.1. The first-order chi connectivity index (χ1) is 7.72. The fraction of sp³-hybridized carbons (Fsp3) is 0.167. The van der Waals surface area contributed by atoms with Crippen molar-refractivity contribution in [1.82, 2.24) is 0 Å². The number of ether oxygens (including phenoxy) is 1. The number of thiophene rings is 1. The van der Waals surface area contributed by atoms with Crippen LogP contribution in [0.2, 0.25) is 0 Å². The molecule has 3 nitrogen and oxygen atoms in total. The Labute approximate surface area is 98.1 Å². The van der Waals surface area contributed by atoms with Crippen molar-refractivity contribution >= 4 is 17.0 Å². The molecule has 84 valence electrons. The summed E-state index contributed by atoms with van der Waals surface area (Å²) in [6.45, 7) is 0. The SMILES string of the molecule is COc1ccc(N)c(C(O)c2cccs2)c1. The third-order valence-corrected chi connectivity index (χ3v) is 3.33. The first-order valence-electron chi connectivity index (χ1n) is 4.87. The summed E-state index contributed by atoms with van der Waals surface area (Å²) in [5.74, 6) is 0.694. The monoisotopic (exact) mass is 235 g/mol. The molecule has 0 saturated carbocycles. The van der Waals surface area contributed by atoms with Crippen molar-refractivity contribution in [1.29, 1.82) is 0 Å². The summed E-state index contributed by atoms with van der Waals surface area (Å²) in [5.41, 5.74) is 7.09. The molecule has 16 heavy (non-hydrogen) atoms. The zero-order valence-electron chi connectivity index (χ0n) is 8.88. The molecule has 0 radical (unpaired) electrons. The van der Waals surface area contributed by atoms with Crippen LogP contribution in [0.25, 0.3) is 0 Å². The van der Waals surface area contributed by atoms with Crippen molar-refractivity contribution in [3.63, 3.8) is 0 Å². The van der Waals surface area contributed by atoms with Gasteiger partial charge in [-0.05, 0) is 29.6 Å². The minimum absolute atomic E-state index is 0.571. The fourth-order valence-corrected chi connectivity index (χ4v) is 2.24. The van der Waals surface area contributed by atoms with Crippen LogP contribution in [-0.4, -0.2) is 12.2 Å². The lowest BCUT2D eigenvalue weighted by Crippen LogP contribution is -2.02. The number of benzene rings is 1. The molecule has 4 heteroatoms. The molecule has 0 amide bonds. The second kappa shape index (κ2) is 4.55. The van der Waals surface area contributed by atoms with Crippen LogP contribution in [0.1, 0.15) is 16.5 Å². The van der Waals surface area contributed by atoms with E-state index in [2.05, 4.69) is 0 Å². The van der Waals surface area contributed by atoms with Crippen LogP contribution < -0.4 is 10.5 Å². The highest BCUT2D eigenvalue weighted by atomic mass is 32.1. The van der Waals surface area contributed by atoms with Gasteiger partial charge in [0.15, 0.2) is 0 Å². The molecule has 1 aromatic heterocycles. The van der Waals surface area contributed by atoms with Crippen molar-refractivity contribution in [2.75, 3.05) is 12.8 Å². The third-order valence-electron chi connectivity index (χ3n) is 2.40. The van der Waals surface area contributed by atoms with Crippen LogP contribution in [0.4, 0.5) is 5.69 Å². The number of nitrogens with two attached hydrogens (primary N) is 1. The van der Waals surface area contributed by atoms with Crippen molar-refractivity contribution in [2.45, 2.75) is 6.10 Å². The van der Waals surface area contributed by atoms with Gasteiger partial charge in [-0.25, -0.2) is 0 Å². The molecule has 0 aliphatic heterocycles. The summed E-state index contributed by atoms with van der Waals surface area (Å²) in [7, 11) is 1.59. The Morgan fingerprint density at radius 2 is 2.19 bits per heavy atom. The van der Waals surface area contributed by atoms with Gasteiger partial charge in [-0.15, -0.1) is 11.3 Å². The molecular formula is C12H13NO2S. The Morgan fingerprint density at radius 1 is 1.38 bits per heavy atom. The van der Waals surface area contributed by atoms with Crippen LogP contribution in [0, 0.1) is 0 Å². The van der Waals surface area contributed by atoms with E-state index < -0.39 is 6.10 Å². The molecule has 0 bridgehead atoms. The van der Waals surface area contributed by atoms with Gasteiger partial charge < -0.3 is 15.6 Å². The molecular weight excluding hydrogens is 222 g/mol. The molecule has 2 rings (SSSR count). The Balaban J connectivity index is 2.39. The van der Waals surface area contributed by atoms with Crippen molar-refractivity contribution < 1.29 is 9.84 Å². The minimum atomic E-state index is -0.685. The van der Waals surface area contributed by atoms with Crippen LogP contribution in [0.15, 0.2) is 35.7 Å². The number of aliphatic hydroxyl groups excluding tert-OH is 1. The summed E-state index contributed by atoms with van der Waals surface area (Å²) in [4.78, 5) is 0.875. The number of aliphatic hydroxyl groups is 1. The summed E-state index contributed by atoms with van der Waals surface area (Å²) < 4.78 is 5.11. The summed E-state index contributed by atoms with van der Waals surface area (Å²) in [6, 6.07) is 9.07. The second-order valence-electron chi connectivity index (χ2n) is 3.41. The van der Waals surface area contributed by atoms with Crippen molar-refractivity contribution in [3.05, 3.63) is 46.2 Å². The van der Waals surface area contributed by atoms with Crippen LogP contribution in [-0.2, 0) is 0 Å². The smallest absolute Gasteiger partial charge is 0.119 e. The van der Waals surface area contributed by atoms with Gasteiger partial charge in [0.25, 0.3) is 0 Å². The van der Waals surface area contributed by atoms with Crippen LogP contribution >= 0.6 is 11.3 Å². The summed E-state index contributed by atoms with van der Waals surface area (Å²) in [6.07, 6.45) is -0.685. The third kappa shape index (κ3) is 2.03. The molecule has 2 aromatic rings. The maximum atomic E-state index is 10.2. The molecule has 0 fully saturated rings. The fourth-order valence-electron chi connectivity index (χ4n) is 1.52. The molecule has 0 aliphatic rings. The van der Waals surface area contributed by atoms with Gasteiger partial charge in [0.1, 0.15) is 11.9 Å². The number of methoxy groups -OCH3 is 1. The number of hydrogen-bond acceptors (Lipinski definition) is 4. The molecule has 0 aliphatic carbocycles. The number of rotatable bonds is 3. The van der Waals surface area contributed by atoms with E-state index in [1.54, 1.807) is 25.3 Å². The quantitative estimate of drug-likeness (QED) is 0.803. The summed E-state index contributed by atoms with van der Waals surface area (Å²) in [5, 5.41) is 12.1. The maximum Gasteiger partial charge on any atom is 0.119 e. The summed E-state index contributed by atoms with van der Waals surface area (Å²) >= 11 is 1.50. The van der Waals surface area contributed by atoms with E-state index in [4.69, 9.17) is 10.5 Å². The first kappa shape index (κ1) is 11.0. The molecule has 3 N–H and O–H groups in total. The largest absolute Gasteiger partial charge is 0.497 e. The Hall–Kier alpha value is -1.52. The molecule has 1 aromatic carbocycles. The highest BCUT2D eigenvalue weighted by Crippen LogP contribution is 2.31. The Bertz CT molecular complexity index is 468. The first-order valence-corrected chi connectivity index (χ1v) is 5.75. The van der Waals surface area contributed by atoms with Crippen molar-refractivity contribution in [2.24, 2.45) is 0 Å². The molecule has 1 unspecified atom stereocenters. The second-order valence-corrected chi connectivity index (χ2v) is 4.39. The van der Waals surface area contributed by atoms with E-state index in [9.17, 15) is 5.11 Å². The zero-order chi connectivity index (χ0) is 11.5. The van der Waals surface area contributed by atoms with Gasteiger partial charge in [0.2, 0.25) is 0 Å². The predicted molar refractivity (Wildman–Crippen MR) is 65.8 cm³/mol. The van der Waals surface area contributed by atoms with Crippen LogP contribution in [0.5, 0.6) is 5.75 Å². The van der Waals surface area contributed by atoms with Gasteiger partial charge in [-0.1, -0.05) is 6.07 Å². The van der Waals surface area contributed by atoms with Crippen molar-refractivity contribution in [3.8, 4) is 5.75 Å². The number of anilines is 1. The van der Waals surface area contributed by atoms with E-state index >= 15 is 0 Å². The van der Waals surface area contributed by atoms with Gasteiger partial charge >= 0.3 is 0 Å². The topological polar surface area (TPSA) is 55.5 Å². The lowest BCUT2D eigenvalue weighted by Gasteiger charge is -2.13. The van der Waals surface area contributed by atoms with Gasteiger partial charge in [0.05, 0.1) is 7.11 Å². The number of nitrogen functional groups attached to an aromatic ring is 1. The average molecular weight is 235 g/mol. The minimum Gasteiger partial charge on any atom is -0.497 e. The molecule has 0 saturated heterocycles. The van der Waals surface area contributed by atoms with Gasteiger partial charge in [-0.3, -0.25) is 0 Å². The molecule has 1 heterocycles. The highest BCUT2D eigenvalue weighted by molar-refractivity contribution is 7.10. The van der Waals surface area contributed by atoms with E-state index in [1.165, 1.54) is 11.3 Å². The Morgan fingerprint density at radius 3 is 2.81 bits per heavy atom. The standard InChI is InChI=1S/C12H13NO2S/c1-15-8-4-5-10(13)9(7-8)12(14)11-3-2-6-16-11/h2-7,12,14H,13H2,1H3. The molecule has 0 spiro atoms. The van der Waals surface area contributed by atoms with E-state index in [1.807, 2.05) is 17.5 Å². The average Bonchev–Trinajstić information content (AvgIpc) is 2.82. The van der Waals surface area contributed by atoms with Gasteiger partial charge in [0, 0.05) is 16.1 Å². The maximum absolute atomic E-state index is 10.2. The van der Waals surface area contributed by atoms with Crippen LogP contribution in [0.3, 0.4) is 0 Å².